The summed E-state index contributed by atoms with van der Waals surface area (Å²) in [5.74, 6) is -0.906. The van der Waals surface area contributed by atoms with E-state index in [1.807, 2.05) is 0 Å². The van der Waals surface area contributed by atoms with Crippen molar-refractivity contribution in [2.45, 2.75) is 5.22 Å². The minimum absolute atomic E-state index is 0.0173. The van der Waals surface area contributed by atoms with E-state index in [0.717, 1.165) is 11.8 Å². The Kier molecular flexibility index (Phi) is 6.74. The maximum atomic E-state index is 11.7. The first-order valence-corrected chi connectivity index (χ1v) is 10.1. The average Bonchev–Trinajstić information content (AvgIpc) is 3.13. The number of thioether (sulfide) groups is 1. The minimum atomic E-state index is -1.24. The summed E-state index contributed by atoms with van der Waals surface area (Å²) in [4.78, 5) is 11.5. The Hall–Kier alpha value is -2.20. The van der Waals surface area contributed by atoms with E-state index in [-0.39, 0.29) is 32.4 Å². The minimum Gasteiger partial charge on any atom is -0.506 e. The van der Waals surface area contributed by atoms with Crippen molar-refractivity contribution in [2.24, 2.45) is 0 Å². The number of hydrogen-bond donors (Lipinski definition) is 2. The normalized spacial score (nSPS) is 11.5. The molecular formula is C18H11BrCl2N2O5S. The number of nitrogens with zero attached hydrogens (tertiary/aromatic N) is 2. The zero-order valence-corrected chi connectivity index (χ0v) is 18.4. The maximum absolute atomic E-state index is 11.7. The van der Waals surface area contributed by atoms with Crippen LogP contribution in [0.3, 0.4) is 0 Å². The molecule has 0 atom stereocenters. The Labute approximate surface area is 187 Å². The number of carboxylic acids is 1. The monoisotopic (exact) mass is 516 g/mol. The van der Waals surface area contributed by atoms with E-state index in [0.29, 0.717) is 20.8 Å². The van der Waals surface area contributed by atoms with Gasteiger partial charge in [0.15, 0.2) is 0 Å². The number of phenolic OH excluding ortho intramolecular Hbond substituents is 1. The van der Waals surface area contributed by atoms with Gasteiger partial charge in [0.1, 0.15) is 16.4 Å². The maximum Gasteiger partial charge on any atom is 0.342 e. The summed E-state index contributed by atoms with van der Waals surface area (Å²) in [6, 6.07) is 7.91. The molecular weight excluding hydrogens is 507 g/mol. The molecule has 1 heterocycles. The molecule has 0 aliphatic heterocycles. The number of carboxylic acid groups (broad SMARTS) is 1. The van der Waals surface area contributed by atoms with Gasteiger partial charge in [-0.1, -0.05) is 39.1 Å². The van der Waals surface area contributed by atoms with Crippen LogP contribution in [-0.2, 0) is 4.79 Å². The Balaban J connectivity index is 1.95. The predicted molar refractivity (Wildman–Crippen MR) is 114 cm³/mol. The molecule has 29 heavy (non-hydrogen) atoms. The van der Waals surface area contributed by atoms with E-state index < -0.39 is 5.97 Å². The summed E-state index contributed by atoms with van der Waals surface area (Å²) in [5, 5.41) is 27.9. The van der Waals surface area contributed by atoms with Crippen LogP contribution in [0.15, 0.2) is 49.3 Å². The number of benzene rings is 2. The molecule has 7 nitrogen and oxygen atoms in total. The van der Waals surface area contributed by atoms with E-state index in [4.69, 9.17) is 32.4 Å². The van der Waals surface area contributed by atoms with Gasteiger partial charge in [0.25, 0.3) is 11.1 Å². The first-order chi connectivity index (χ1) is 13.8. The van der Waals surface area contributed by atoms with Crippen LogP contribution in [0.5, 0.6) is 11.5 Å². The highest BCUT2D eigenvalue weighted by molar-refractivity contribution is 9.10. The van der Waals surface area contributed by atoms with E-state index in [1.165, 1.54) is 25.3 Å². The van der Waals surface area contributed by atoms with Crippen LogP contribution in [0, 0.1) is 0 Å². The number of halogens is 3. The summed E-state index contributed by atoms with van der Waals surface area (Å²) < 4.78 is 11.4. The van der Waals surface area contributed by atoms with Crippen LogP contribution >= 0.6 is 50.9 Å². The molecule has 0 aliphatic carbocycles. The Morgan fingerprint density at radius 2 is 2.03 bits per heavy atom. The predicted octanol–water partition coefficient (Wildman–Crippen LogP) is 5.74. The Morgan fingerprint density at radius 1 is 1.28 bits per heavy atom. The first-order valence-electron chi connectivity index (χ1n) is 7.76. The van der Waals surface area contributed by atoms with Crippen molar-refractivity contribution >= 4 is 62.9 Å². The van der Waals surface area contributed by atoms with Crippen molar-refractivity contribution in [3.05, 3.63) is 55.3 Å². The molecule has 150 valence electrons. The number of rotatable bonds is 6. The van der Waals surface area contributed by atoms with Crippen LogP contribution in [0.2, 0.25) is 10.0 Å². The third-order valence-corrected chi connectivity index (χ3v) is 5.38. The number of ether oxygens (including phenoxy) is 1. The molecule has 3 rings (SSSR count). The van der Waals surface area contributed by atoms with E-state index in [2.05, 4.69) is 26.1 Å². The smallest absolute Gasteiger partial charge is 0.342 e. The van der Waals surface area contributed by atoms with Crippen LogP contribution in [0.1, 0.15) is 5.56 Å². The highest BCUT2D eigenvalue weighted by atomic mass is 79.9. The lowest BCUT2D eigenvalue weighted by Crippen LogP contribution is -1.97. The fourth-order valence-electron chi connectivity index (χ4n) is 2.27. The SMILES string of the molecule is COc1ccc(Cl)cc1-c1nnc(S/C(=C\c2cc(Br)cc(Cl)c2O)C(=O)O)o1. The van der Waals surface area contributed by atoms with E-state index in [9.17, 15) is 15.0 Å². The summed E-state index contributed by atoms with van der Waals surface area (Å²) in [6.07, 6.45) is 1.25. The largest absolute Gasteiger partial charge is 0.506 e. The molecule has 2 N–H and O–H groups in total. The zero-order chi connectivity index (χ0) is 21.1. The number of aromatic hydroxyl groups is 1. The van der Waals surface area contributed by atoms with Gasteiger partial charge in [-0.25, -0.2) is 4.79 Å². The summed E-state index contributed by atoms with van der Waals surface area (Å²) >= 11 is 15.9. The summed E-state index contributed by atoms with van der Waals surface area (Å²) in [7, 11) is 1.49. The third kappa shape index (κ3) is 5.05. The molecule has 0 saturated carbocycles. The Morgan fingerprint density at radius 3 is 2.72 bits per heavy atom. The first kappa shape index (κ1) is 21.5. The van der Waals surface area contributed by atoms with Crippen LogP contribution < -0.4 is 4.74 Å². The molecule has 0 bridgehead atoms. The fourth-order valence-corrected chi connectivity index (χ4v) is 3.94. The molecule has 0 fully saturated rings. The van der Waals surface area contributed by atoms with Gasteiger partial charge >= 0.3 is 5.97 Å². The second-order valence-corrected chi connectivity index (χ2v) is 8.21. The third-order valence-electron chi connectivity index (χ3n) is 3.55. The number of hydrogen-bond acceptors (Lipinski definition) is 7. The molecule has 0 amide bonds. The van der Waals surface area contributed by atoms with Crippen LogP contribution in [0.4, 0.5) is 0 Å². The summed E-state index contributed by atoms with van der Waals surface area (Å²) in [5.41, 5.74) is 0.683. The molecule has 0 saturated heterocycles. The lowest BCUT2D eigenvalue weighted by atomic mass is 10.2. The number of phenols is 1. The molecule has 0 unspecified atom stereocenters. The quantitative estimate of drug-likeness (QED) is 0.315. The molecule has 11 heteroatoms. The zero-order valence-electron chi connectivity index (χ0n) is 14.5. The molecule has 0 radical (unpaired) electrons. The molecule has 0 spiro atoms. The van der Waals surface area contributed by atoms with E-state index >= 15 is 0 Å². The van der Waals surface area contributed by atoms with Crippen molar-refractivity contribution in [1.29, 1.82) is 0 Å². The van der Waals surface area contributed by atoms with Gasteiger partial charge < -0.3 is 19.4 Å². The van der Waals surface area contributed by atoms with Crippen LogP contribution in [0.25, 0.3) is 17.5 Å². The van der Waals surface area contributed by atoms with Gasteiger partial charge in [-0.15, -0.1) is 10.2 Å². The number of carbonyl (C=O) groups is 1. The lowest BCUT2D eigenvalue weighted by Gasteiger charge is -2.05. The van der Waals surface area contributed by atoms with Gasteiger partial charge in [-0.2, -0.15) is 0 Å². The second-order valence-electron chi connectivity index (χ2n) is 5.46. The Bertz CT molecular complexity index is 1120. The van der Waals surface area contributed by atoms with Gasteiger partial charge in [0.2, 0.25) is 0 Å². The van der Waals surface area contributed by atoms with Crippen molar-refractivity contribution in [3.8, 4) is 23.0 Å². The summed E-state index contributed by atoms with van der Waals surface area (Å²) in [6.45, 7) is 0. The number of aromatic nitrogens is 2. The molecule has 2 aromatic carbocycles. The van der Waals surface area contributed by atoms with Crippen molar-refractivity contribution in [3.63, 3.8) is 0 Å². The van der Waals surface area contributed by atoms with Crippen molar-refractivity contribution in [1.82, 2.24) is 10.2 Å². The van der Waals surface area contributed by atoms with E-state index in [1.54, 1.807) is 18.2 Å². The van der Waals surface area contributed by atoms with Crippen LogP contribution in [-0.4, -0.2) is 33.5 Å². The molecule has 1 aromatic heterocycles. The number of methoxy groups -OCH3 is 1. The standard InChI is InChI=1S/C18H11BrCl2N2O5S/c1-27-13-3-2-10(20)7-11(13)16-22-23-18(28-16)29-14(17(25)26)5-8-4-9(19)6-12(21)15(8)24/h2-7,24H,1H3,(H,25,26)/b14-5-. The van der Waals surface area contributed by atoms with Gasteiger partial charge in [-0.3, -0.25) is 0 Å². The molecule has 0 aliphatic rings. The average molecular weight is 518 g/mol. The van der Waals surface area contributed by atoms with Crippen molar-refractivity contribution < 1.29 is 24.2 Å². The fraction of sp³-hybridized carbons (Fsp3) is 0.0556. The molecule has 3 aromatic rings. The van der Waals surface area contributed by atoms with Gasteiger partial charge in [0.05, 0.1) is 17.7 Å². The van der Waals surface area contributed by atoms with Crippen molar-refractivity contribution in [2.75, 3.05) is 7.11 Å². The highest BCUT2D eigenvalue weighted by Crippen LogP contribution is 2.37. The van der Waals surface area contributed by atoms with Gasteiger partial charge in [0, 0.05) is 15.1 Å². The highest BCUT2D eigenvalue weighted by Gasteiger charge is 2.19. The second kappa shape index (κ2) is 9.08. The lowest BCUT2D eigenvalue weighted by molar-refractivity contribution is -0.131. The van der Waals surface area contributed by atoms with Gasteiger partial charge in [-0.05, 0) is 48.2 Å². The topological polar surface area (TPSA) is 106 Å². The number of aliphatic carboxylic acids is 1.